The van der Waals surface area contributed by atoms with Gasteiger partial charge >= 0.3 is 0 Å². The summed E-state index contributed by atoms with van der Waals surface area (Å²) in [6.07, 6.45) is 4.72. The fourth-order valence-corrected chi connectivity index (χ4v) is 3.74. The fourth-order valence-electron chi connectivity index (χ4n) is 3.55. The number of nitrogens with zero attached hydrogens (tertiary/aromatic N) is 3. The van der Waals surface area contributed by atoms with E-state index in [2.05, 4.69) is 15.4 Å². The number of amides is 1. The normalized spacial score (nSPS) is 16.5. The number of aryl methyl sites for hydroxylation is 1. The first-order valence-electron chi connectivity index (χ1n) is 8.50. The van der Waals surface area contributed by atoms with Crippen molar-refractivity contribution in [3.8, 4) is 0 Å². The fraction of sp³-hybridized carbons (Fsp3) is 0.333. The van der Waals surface area contributed by atoms with Crippen molar-refractivity contribution in [2.24, 2.45) is 14.1 Å². The second-order valence-corrected chi connectivity index (χ2v) is 7.03. The molecule has 0 saturated carbocycles. The van der Waals surface area contributed by atoms with Crippen molar-refractivity contribution < 1.29 is 4.79 Å². The van der Waals surface area contributed by atoms with Crippen LogP contribution in [0.25, 0.3) is 10.9 Å². The number of aromatic amines is 1. The summed E-state index contributed by atoms with van der Waals surface area (Å²) in [6, 6.07) is 4.96. The molecule has 1 atom stereocenters. The van der Waals surface area contributed by atoms with Crippen molar-refractivity contribution in [3.63, 3.8) is 0 Å². The van der Waals surface area contributed by atoms with Crippen LogP contribution in [0.1, 0.15) is 40.5 Å². The van der Waals surface area contributed by atoms with E-state index >= 15 is 0 Å². The predicted molar refractivity (Wildman–Crippen MR) is 101 cm³/mol. The van der Waals surface area contributed by atoms with E-state index in [0.717, 1.165) is 24.8 Å². The van der Waals surface area contributed by atoms with E-state index in [9.17, 15) is 9.59 Å². The van der Waals surface area contributed by atoms with Gasteiger partial charge in [-0.1, -0.05) is 0 Å². The number of hydrogen-bond donors (Lipinski definition) is 2. The maximum atomic E-state index is 12.7. The van der Waals surface area contributed by atoms with Gasteiger partial charge in [0.2, 0.25) is 0 Å². The molecule has 0 spiro atoms. The molecule has 7 nitrogen and oxygen atoms in total. The smallest absolute Gasteiger partial charge is 0.261 e. The second kappa shape index (κ2) is 6.21. The summed E-state index contributed by atoms with van der Waals surface area (Å²) in [4.78, 5) is 28.0. The molecule has 26 heavy (non-hydrogen) atoms. The van der Waals surface area contributed by atoms with Crippen LogP contribution >= 0.6 is 12.2 Å². The number of rotatable bonds is 2. The third-order valence-corrected chi connectivity index (χ3v) is 5.42. The molecule has 0 bridgehead atoms. The van der Waals surface area contributed by atoms with Gasteiger partial charge in [-0.2, -0.15) is 5.10 Å². The van der Waals surface area contributed by atoms with Gasteiger partial charge in [0.25, 0.3) is 11.5 Å². The van der Waals surface area contributed by atoms with E-state index in [1.54, 1.807) is 25.2 Å². The SMILES string of the molecule is Cn1ncc2c1CCCC2NC(=O)c1ccc2c(=O)n(C)c(=S)[nH]c2c1. The Kier molecular flexibility index (Phi) is 3.99. The van der Waals surface area contributed by atoms with E-state index in [4.69, 9.17) is 12.2 Å². The molecular weight excluding hydrogens is 350 g/mol. The van der Waals surface area contributed by atoms with Crippen LogP contribution in [0.3, 0.4) is 0 Å². The van der Waals surface area contributed by atoms with Crippen molar-refractivity contribution in [1.29, 1.82) is 0 Å². The molecule has 0 radical (unpaired) electrons. The summed E-state index contributed by atoms with van der Waals surface area (Å²) in [5.41, 5.74) is 3.14. The molecule has 0 aliphatic heterocycles. The van der Waals surface area contributed by atoms with Gasteiger partial charge in [0, 0.05) is 30.9 Å². The number of H-pyrrole nitrogens is 1. The first kappa shape index (κ1) is 16.7. The van der Waals surface area contributed by atoms with Crippen molar-refractivity contribution >= 4 is 29.0 Å². The lowest BCUT2D eigenvalue weighted by Crippen LogP contribution is -2.31. The van der Waals surface area contributed by atoms with Crippen LogP contribution < -0.4 is 10.9 Å². The van der Waals surface area contributed by atoms with Gasteiger partial charge in [-0.3, -0.25) is 18.8 Å². The molecule has 2 N–H and O–H groups in total. The molecule has 2 heterocycles. The molecule has 1 aromatic carbocycles. The molecule has 0 saturated heterocycles. The van der Waals surface area contributed by atoms with E-state index in [1.807, 2.05) is 17.9 Å². The van der Waals surface area contributed by atoms with Crippen LogP contribution in [0.5, 0.6) is 0 Å². The molecule has 1 aliphatic rings. The average molecular weight is 369 g/mol. The number of aromatic nitrogens is 4. The van der Waals surface area contributed by atoms with Crippen LogP contribution in [0.4, 0.5) is 0 Å². The Morgan fingerprint density at radius 1 is 1.38 bits per heavy atom. The summed E-state index contributed by atoms with van der Waals surface area (Å²) in [7, 11) is 3.55. The van der Waals surface area contributed by atoms with Gasteiger partial charge < -0.3 is 10.3 Å². The van der Waals surface area contributed by atoms with Crippen LogP contribution in [-0.2, 0) is 20.5 Å². The Morgan fingerprint density at radius 2 is 2.19 bits per heavy atom. The number of benzene rings is 1. The summed E-state index contributed by atoms with van der Waals surface area (Å²) in [5, 5.41) is 7.91. The van der Waals surface area contributed by atoms with Gasteiger partial charge in [0.1, 0.15) is 0 Å². The highest BCUT2D eigenvalue weighted by Crippen LogP contribution is 2.29. The highest BCUT2D eigenvalue weighted by molar-refractivity contribution is 7.71. The monoisotopic (exact) mass is 369 g/mol. The third kappa shape index (κ3) is 2.66. The number of carbonyl (C=O) groups excluding carboxylic acids is 1. The molecule has 1 aliphatic carbocycles. The van der Waals surface area contributed by atoms with Crippen LogP contribution in [0.15, 0.2) is 29.2 Å². The van der Waals surface area contributed by atoms with Gasteiger partial charge in [-0.15, -0.1) is 0 Å². The van der Waals surface area contributed by atoms with E-state index in [-0.39, 0.29) is 17.5 Å². The Bertz CT molecular complexity index is 1140. The Labute approximate surface area is 154 Å². The van der Waals surface area contributed by atoms with Gasteiger partial charge in [0.05, 0.1) is 23.1 Å². The van der Waals surface area contributed by atoms with Crippen LogP contribution in [0, 0.1) is 4.77 Å². The lowest BCUT2D eigenvalue weighted by atomic mass is 9.92. The lowest BCUT2D eigenvalue weighted by molar-refractivity contribution is 0.0932. The zero-order valence-corrected chi connectivity index (χ0v) is 15.4. The standard InChI is InChI=1S/C18H19N5O2S/c1-22-17(25)11-7-6-10(8-14(11)21-18(22)26)16(24)20-13-4-3-5-15-12(13)9-19-23(15)2/h6-9,13H,3-5H2,1-2H3,(H,20,24)(H,21,26). The predicted octanol–water partition coefficient (Wildman–Crippen LogP) is 2.14. The minimum Gasteiger partial charge on any atom is -0.345 e. The quantitative estimate of drug-likeness (QED) is 0.678. The minimum atomic E-state index is -0.178. The highest BCUT2D eigenvalue weighted by Gasteiger charge is 2.25. The molecule has 0 fully saturated rings. The zero-order valence-electron chi connectivity index (χ0n) is 14.6. The molecule has 2 aromatic heterocycles. The van der Waals surface area contributed by atoms with Crippen molar-refractivity contribution in [1.82, 2.24) is 24.6 Å². The maximum absolute atomic E-state index is 12.7. The lowest BCUT2D eigenvalue weighted by Gasteiger charge is -2.23. The molecule has 1 unspecified atom stereocenters. The Hall–Kier alpha value is -2.74. The molecular formula is C18H19N5O2S. The van der Waals surface area contributed by atoms with E-state index < -0.39 is 0 Å². The van der Waals surface area contributed by atoms with Crippen molar-refractivity contribution in [2.45, 2.75) is 25.3 Å². The highest BCUT2D eigenvalue weighted by atomic mass is 32.1. The molecule has 4 rings (SSSR count). The maximum Gasteiger partial charge on any atom is 0.261 e. The van der Waals surface area contributed by atoms with Crippen LogP contribution in [-0.4, -0.2) is 25.2 Å². The van der Waals surface area contributed by atoms with E-state index in [0.29, 0.717) is 21.2 Å². The van der Waals surface area contributed by atoms with Gasteiger partial charge in [0.15, 0.2) is 4.77 Å². The number of carbonyl (C=O) groups is 1. The first-order valence-corrected chi connectivity index (χ1v) is 8.91. The number of nitrogens with one attached hydrogen (secondary N) is 2. The van der Waals surface area contributed by atoms with Crippen molar-refractivity contribution in [2.75, 3.05) is 0 Å². The number of hydrogen-bond acceptors (Lipinski definition) is 4. The third-order valence-electron chi connectivity index (χ3n) is 5.04. The van der Waals surface area contributed by atoms with Crippen molar-refractivity contribution in [3.05, 3.63) is 56.3 Å². The van der Waals surface area contributed by atoms with E-state index in [1.165, 1.54) is 10.3 Å². The Balaban J connectivity index is 1.66. The summed E-state index contributed by atoms with van der Waals surface area (Å²) in [5.74, 6) is -0.173. The van der Waals surface area contributed by atoms with Gasteiger partial charge in [-0.05, 0) is 49.7 Å². The summed E-state index contributed by atoms with van der Waals surface area (Å²) >= 11 is 5.15. The molecule has 3 aromatic rings. The average Bonchev–Trinajstić information content (AvgIpc) is 3.01. The summed E-state index contributed by atoms with van der Waals surface area (Å²) < 4.78 is 3.58. The number of fused-ring (bicyclic) bond motifs is 2. The Morgan fingerprint density at radius 3 is 3.00 bits per heavy atom. The van der Waals surface area contributed by atoms with Crippen LogP contribution in [0.2, 0.25) is 0 Å². The molecule has 1 amide bonds. The zero-order chi connectivity index (χ0) is 18.4. The second-order valence-electron chi connectivity index (χ2n) is 6.64. The topological polar surface area (TPSA) is 84.7 Å². The summed E-state index contributed by atoms with van der Waals surface area (Å²) in [6.45, 7) is 0. The minimum absolute atomic E-state index is 0.0437. The first-order chi connectivity index (χ1) is 12.5. The molecule has 134 valence electrons. The molecule has 8 heteroatoms. The largest absolute Gasteiger partial charge is 0.345 e. The van der Waals surface area contributed by atoms with Gasteiger partial charge in [-0.25, -0.2) is 0 Å².